The maximum atomic E-state index is 12.7. The molecule has 0 unspecified atom stereocenters. The summed E-state index contributed by atoms with van der Waals surface area (Å²) in [7, 11) is -2.23. The second-order valence-electron chi connectivity index (χ2n) is 4.69. The molecule has 0 aliphatic carbocycles. The third-order valence-corrected chi connectivity index (χ3v) is 4.96. The van der Waals surface area contributed by atoms with Crippen molar-refractivity contribution in [2.75, 3.05) is 11.4 Å². The normalized spacial score (nSPS) is 11.4. The number of nitrogens with zero attached hydrogens (tertiary/aromatic N) is 1. The van der Waals surface area contributed by atoms with Crippen LogP contribution >= 0.6 is 0 Å². The fraction of sp³-hybridized carbons (Fsp3) is 0.0625. The van der Waals surface area contributed by atoms with Crippen LogP contribution in [0.15, 0.2) is 65.6 Å². The molecule has 1 amide bonds. The van der Waals surface area contributed by atoms with E-state index in [-0.39, 0.29) is 4.90 Å². The van der Waals surface area contributed by atoms with Crippen molar-refractivity contribution < 1.29 is 18.4 Å². The lowest BCUT2D eigenvalue weighted by atomic mass is 10.2. The van der Waals surface area contributed by atoms with E-state index in [4.69, 9.17) is 5.21 Å². The lowest BCUT2D eigenvalue weighted by molar-refractivity contribution is -0.124. The zero-order valence-corrected chi connectivity index (χ0v) is 13.2. The number of amides is 1. The van der Waals surface area contributed by atoms with Gasteiger partial charge in [-0.1, -0.05) is 30.3 Å². The van der Waals surface area contributed by atoms with Gasteiger partial charge in [-0.25, -0.2) is 13.9 Å². The number of rotatable bonds is 5. The molecule has 2 aromatic rings. The molecule has 120 valence electrons. The minimum atomic E-state index is -3.71. The molecule has 2 aromatic carbocycles. The third-order valence-electron chi connectivity index (χ3n) is 3.17. The van der Waals surface area contributed by atoms with E-state index in [1.807, 2.05) is 6.07 Å². The molecule has 0 heterocycles. The molecule has 0 spiro atoms. The van der Waals surface area contributed by atoms with Crippen LogP contribution in [0.3, 0.4) is 0 Å². The fourth-order valence-corrected chi connectivity index (χ4v) is 3.17. The van der Waals surface area contributed by atoms with E-state index >= 15 is 0 Å². The van der Waals surface area contributed by atoms with Crippen molar-refractivity contribution in [2.24, 2.45) is 0 Å². The first-order valence-corrected chi connectivity index (χ1v) is 8.15. The summed E-state index contributed by atoms with van der Waals surface area (Å²) in [5.74, 6) is -0.695. The van der Waals surface area contributed by atoms with Crippen LogP contribution in [0.1, 0.15) is 5.56 Å². The molecular formula is C16H16N2O4S. The summed E-state index contributed by atoms with van der Waals surface area (Å²) in [6, 6.07) is 14.9. The smallest absolute Gasteiger partial charge is 0.267 e. The summed E-state index contributed by atoms with van der Waals surface area (Å²) in [4.78, 5) is 11.1. The molecule has 6 nitrogen and oxygen atoms in total. The average molecular weight is 332 g/mol. The van der Waals surface area contributed by atoms with Gasteiger partial charge in [0.25, 0.3) is 15.9 Å². The van der Waals surface area contributed by atoms with Gasteiger partial charge in [0.05, 0.1) is 10.6 Å². The van der Waals surface area contributed by atoms with Gasteiger partial charge in [-0.2, -0.15) is 0 Å². The van der Waals surface area contributed by atoms with Gasteiger partial charge in [0.2, 0.25) is 0 Å². The van der Waals surface area contributed by atoms with E-state index in [9.17, 15) is 13.2 Å². The van der Waals surface area contributed by atoms with Crippen LogP contribution in [0.2, 0.25) is 0 Å². The molecule has 2 N–H and O–H groups in total. The maximum Gasteiger partial charge on any atom is 0.267 e. The van der Waals surface area contributed by atoms with E-state index in [0.717, 1.165) is 6.08 Å². The summed E-state index contributed by atoms with van der Waals surface area (Å²) in [6.45, 7) is 0. The van der Waals surface area contributed by atoms with Crippen LogP contribution in [-0.2, 0) is 14.8 Å². The van der Waals surface area contributed by atoms with Gasteiger partial charge in [-0.05, 0) is 35.9 Å². The Labute approximate surface area is 134 Å². The van der Waals surface area contributed by atoms with E-state index in [2.05, 4.69) is 0 Å². The first kappa shape index (κ1) is 16.7. The minimum absolute atomic E-state index is 0.107. The molecule has 0 fully saturated rings. The van der Waals surface area contributed by atoms with Gasteiger partial charge >= 0.3 is 0 Å². The molecule has 23 heavy (non-hydrogen) atoms. The summed E-state index contributed by atoms with van der Waals surface area (Å²) >= 11 is 0. The van der Waals surface area contributed by atoms with Crippen molar-refractivity contribution in [2.45, 2.75) is 4.90 Å². The zero-order valence-electron chi connectivity index (χ0n) is 12.4. The number of hydroxylamine groups is 1. The standard InChI is InChI=1S/C16H16N2O4S/c1-18(14-7-3-2-4-8-14)23(21,22)15-9-5-6-13(12-15)10-11-16(19)17-20/h2-12,20H,1H3,(H,17,19). The SMILES string of the molecule is CN(c1ccccc1)S(=O)(=O)c1cccc(C=CC(=O)NO)c1. The van der Waals surface area contributed by atoms with Gasteiger partial charge in [0, 0.05) is 13.1 Å². The Morgan fingerprint density at radius 3 is 2.48 bits per heavy atom. The first-order valence-electron chi connectivity index (χ1n) is 6.71. The molecule has 0 aliphatic heterocycles. The molecule has 0 radical (unpaired) electrons. The summed E-state index contributed by atoms with van der Waals surface area (Å²) in [5.41, 5.74) is 2.54. The van der Waals surface area contributed by atoms with Gasteiger partial charge in [-0.15, -0.1) is 0 Å². The van der Waals surface area contributed by atoms with E-state index in [1.54, 1.807) is 36.4 Å². The molecular weight excluding hydrogens is 316 g/mol. The topological polar surface area (TPSA) is 86.7 Å². The number of hydrogen-bond donors (Lipinski definition) is 2. The molecule has 0 saturated heterocycles. The monoisotopic (exact) mass is 332 g/mol. The number of hydrogen-bond acceptors (Lipinski definition) is 4. The predicted molar refractivity (Wildman–Crippen MR) is 87.4 cm³/mol. The number of carbonyl (C=O) groups is 1. The number of anilines is 1. The fourth-order valence-electron chi connectivity index (χ4n) is 1.92. The van der Waals surface area contributed by atoms with Crippen molar-refractivity contribution in [3.05, 3.63) is 66.2 Å². The quantitative estimate of drug-likeness (QED) is 0.498. The lowest BCUT2D eigenvalue weighted by Gasteiger charge is -2.19. The van der Waals surface area contributed by atoms with E-state index < -0.39 is 15.9 Å². The third kappa shape index (κ3) is 3.97. The van der Waals surface area contributed by atoms with Crippen molar-refractivity contribution in [1.82, 2.24) is 5.48 Å². The van der Waals surface area contributed by atoms with Gasteiger partial charge < -0.3 is 0 Å². The Kier molecular flexibility index (Phi) is 5.15. The van der Waals surface area contributed by atoms with Crippen molar-refractivity contribution in [3.63, 3.8) is 0 Å². The van der Waals surface area contributed by atoms with Crippen LogP contribution in [-0.4, -0.2) is 26.6 Å². The number of sulfonamides is 1. The second-order valence-corrected chi connectivity index (χ2v) is 6.66. The van der Waals surface area contributed by atoms with Crippen LogP contribution in [0.5, 0.6) is 0 Å². The molecule has 2 rings (SSSR count). The predicted octanol–water partition coefficient (Wildman–Crippen LogP) is 2.03. The zero-order chi connectivity index (χ0) is 16.9. The number of para-hydroxylation sites is 1. The average Bonchev–Trinajstić information content (AvgIpc) is 2.60. The van der Waals surface area contributed by atoms with Crippen LogP contribution in [0.25, 0.3) is 6.08 Å². The lowest BCUT2D eigenvalue weighted by Crippen LogP contribution is -2.26. The van der Waals surface area contributed by atoms with Gasteiger partial charge in [0.15, 0.2) is 0 Å². The highest BCUT2D eigenvalue weighted by molar-refractivity contribution is 7.92. The molecule has 0 aromatic heterocycles. The number of carbonyl (C=O) groups excluding carboxylic acids is 1. The molecule has 0 aliphatic rings. The number of benzene rings is 2. The Morgan fingerprint density at radius 2 is 1.83 bits per heavy atom. The summed E-state index contributed by atoms with van der Waals surface area (Å²) < 4.78 is 26.5. The summed E-state index contributed by atoms with van der Waals surface area (Å²) in [5, 5.41) is 8.44. The van der Waals surface area contributed by atoms with Crippen molar-refractivity contribution in [1.29, 1.82) is 0 Å². The Bertz CT molecular complexity index is 817. The Hall–Kier alpha value is -2.64. The number of nitrogens with one attached hydrogen (secondary N) is 1. The molecule has 0 atom stereocenters. The molecule has 0 bridgehead atoms. The Morgan fingerprint density at radius 1 is 1.13 bits per heavy atom. The highest BCUT2D eigenvalue weighted by atomic mass is 32.2. The van der Waals surface area contributed by atoms with Gasteiger partial charge in [-0.3, -0.25) is 14.3 Å². The van der Waals surface area contributed by atoms with Crippen molar-refractivity contribution in [3.8, 4) is 0 Å². The van der Waals surface area contributed by atoms with Crippen LogP contribution in [0.4, 0.5) is 5.69 Å². The van der Waals surface area contributed by atoms with Crippen LogP contribution < -0.4 is 9.79 Å². The Balaban J connectivity index is 2.34. The van der Waals surface area contributed by atoms with Crippen LogP contribution in [0, 0.1) is 0 Å². The van der Waals surface area contributed by atoms with Crippen molar-refractivity contribution >= 4 is 27.7 Å². The molecule has 7 heteroatoms. The maximum absolute atomic E-state index is 12.7. The molecule has 0 saturated carbocycles. The van der Waals surface area contributed by atoms with E-state index in [0.29, 0.717) is 11.3 Å². The summed E-state index contributed by atoms with van der Waals surface area (Å²) in [6.07, 6.45) is 2.51. The van der Waals surface area contributed by atoms with E-state index in [1.165, 1.54) is 35.0 Å². The second kappa shape index (κ2) is 7.08. The first-order chi connectivity index (χ1) is 10.9. The largest absolute Gasteiger partial charge is 0.288 e. The highest BCUT2D eigenvalue weighted by Gasteiger charge is 2.21. The highest BCUT2D eigenvalue weighted by Crippen LogP contribution is 2.22. The van der Waals surface area contributed by atoms with Gasteiger partial charge in [0.1, 0.15) is 0 Å². The minimum Gasteiger partial charge on any atom is -0.288 e.